The number of piperidine rings is 1. The van der Waals surface area contributed by atoms with Crippen LogP contribution in [0.25, 0.3) is 11.5 Å². The molecule has 0 bridgehead atoms. The van der Waals surface area contributed by atoms with E-state index in [-0.39, 0.29) is 11.8 Å². The van der Waals surface area contributed by atoms with E-state index in [1.54, 1.807) is 6.26 Å². The van der Waals surface area contributed by atoms with E-state index in [2.05, 4.69) is 32.5 Å². The van der Waals surface area contributed by atoms with Crippen molar-refractivity contribution in [2.75, 3.05) is 24.5 Å². The number of carbonyl (C=O) groups is 1. The molecule has 1 amide bonds. The first-order valence-electron chi connectivity index (χ1n) is 9.74. The van der Waals surface area contributed by atoms with E-state index in [1.165, 1.54) is 5.56 Å². The topological polar surface area (TPSA) is 71.3 Å². The summed E-state index contributed by atoms with van der Waals surface area (Å²) in [4.78, 5) is 14.6. The monoisotopic (exact) mass is 376 g/mol. The molecule has 3 heterocycles. The smallest absolute Gasteiger partial charge is 0.223 e. The van der Waals surface area contributed by atoms with Crippen LogP contribution in [0.5, 0.6) is 0 Å². The molecule has 6 heteroatoms. The predicted molar refractivity (Wildman–Crippen MR) is 108 cm³/mol. The molecule has 1 fully saturated rings. The maximum absolute atomic E-state index is 12.4. The Morgan fingerprint density at radius 2 is 1.86 bits per heavy atom. The van der Waals surface area contributed by atoms with Crippen LogP contribution in [0.4, 0.5) is 5.82 Å². The molecule has 28 heavy (non-hydrogen) atoms. The lowest BCUT2D eigenvalue weighted by Gasteiger charge is -2.31. The van der Waals surface area contributed by atoms with Gasteiger partial charge in [-0.1, -0.05) is 30.3 Å². The summed E-state index contributed by atoms with van der Waals surface area (Å²) in [5, 5.41) is 11.7. The normalized spacial score (nSPS) is 14.8. The van der Waals surface area contributed by atoms with Crippen LogP contribution in [0.2, 0.25) is 0 Å². The third-order valence-corrected chi connectivity index (χ3v) is 5.17. The highest BCUT2D eigenvalue weighted by Gasteiger charge is 2.25. The molecule has 0 radical (unpaired) electrons. The Balaban J connectivity index is 1.24. The van der Waals surface area contributed by atoms with E-state index in [1.807, 2.05) is 42.5 Å². The summed E-state index contributed by atoms with van der Waals surface area (Å²) in [6.07, 6.45) is 4.15. The summed E-state index contributed by atoms with van der Waals surface area (Å²) in [5.74, 6) is 1.79. The van der Waals surface area contributed by atoms with E-state index in [0.717, 1.165) is 43.9 Å². The Labute approximate surface area is 164 Å². The minimum atomic E-state index is 0.0716. The molecule has 0 saturated carbocycles. The molecule has 1 saturated heterocycles. The first-order chi connectivity index (χ1) is 13.8. The van der Waals surface area contributed by atoms with Crippen molar-refractivity contribution in [2.24, 2.45) is 5.92 Å². The maximum Gasteiger partial charge on any atom is 0.223 e. The average Bonchev–Trinajstić information content (AvgIpc) is 3.30. The first-order valence-corrected chi connectivity index (χ1v) is 9.74. The number of nitrogens with one attached hydrogen (secondary N) is 1. The van der Waals surface area contributed by atoms with Crippen molar-refractivity contribution in [1.82, 2.24) is 15.5 Å². The molecule has 0 atom stereocenters. The third kappa shape index (κ3) is 4.39. The SMILES string of the molecule is O=C(NCCc1ccccc1)C1CCN(c2ccc(-c3ccco3)nn2)CC1. The molecule has 1 aromatic carbocycles. The van der Waals surface area contributed by atoms with Crippen molar-refractivity contribution in [2.45, 2.75) is 19.3 Å². The minimum Gasteiger partial charge on any atom is -0.463 e. The van der Waals surface area contributed by atoms with Crippen LogP contribution in [0.3, 0.4) is 0 Å². The van der Waals surface area contributed by atoms with Crippen LogP contribution in [0.15, 0.2) is 65.3 Å². The van der Waals surface area contributed by atoms with Gasteiger partial charge in [0.2, 0.25) is 5.91 Å². The summed E-state index contributed by atoms with van der Waals surface area (Å²) < 4.78 is 5.35. The largest absolute Gasteiger partial charge is 0.463 e. The Bertz CT molecular complexity index is 871. The zero-order valence-electron chi connectivity index (χ0n) is 15.8. The summed E-state index contributed by atoms with van der Waals surface area (Å²) >= 11 is 0. The van der Waals surface area contributed by atoms with Crippen molar-refractivity contribution >= 4 is 11.7 Å². The van der Waals surface area contributed by atoms with Gasteiger partial charge in [0.15, 0.2) is 11.6 Å². The number of carbonyl (C=O) groups excluding carboxylic acids is 1. The zero-order valence-corrected chi connectivity index (χ0v) is 15.8. The van der Waals surface area contributed by atoms with Gasteiger partial charge < -0.3 is 14.6 Å². The lowest BCUT2D eigenvalue weighted by atomic mass is 9.96. The second-order valence-corrected chi connectivity index (χ2v) is 7.04. The number of hydrogen-bond donors (Lipinski definition) is 1. The molecule has 0 aliphatic carbocycles. The predicted octanol–water partition coefficient (Wildman–Crippen LogP) is 3.31. The highest BCUT2D eigenvalue weighted by molar-refractivity contribution is 5.79. The van der Waals surface area contributed by atoms with Gasteiger partial charge in [0.25, 0.3) is 0 Å². The number of benzene rings is 1. The van der Waals surface area contributed by atoms with Gasteiger partial charge in [0.05, 0.1) is 6.26 Å². The van der Waals surface area contributed by atoms with Gasteiger partial charge in [-0.05, 0) is 49.1 Å². The fraction of sp³-hybridized carbons (Fsp3) is 0.318. The van der Waals surface area contributed by atoms with Gasteiger partial charge in [-0.3, -0.25) is 4.79 Å². The fourth-order valence-electron chi connectivity index (χ4n) is 3.54. The summed E-state index contributed by atoms with van der Waals surface area (Å²) in [6.45, 7) is 2.31. The van der Waals surface area contributed by atoms with Crippen LogP contribution in [0, 0.1) is 5.92 Å². The van der Waals surface area contributed by atoms with Crippen molar-refractivity contribution in [3.63, 3.8) is 0 Å². The number of furan rings is 1. The van der Waals surface area contributed by atoms with Crippen LogP contribution in [-0.2, 0) is 11.2 Å². The molecule has 4 rings (SSSR count). The second-order valence-electron chi connectivity index (χ2n) is 7.04. The van der Waals surface area contributed by atoms with Crippen LogP contribution in [-0.4, -0.2) is 35.7 Å². The van der Waals surface area contributed by atoms with Crippen molar-refractivity contribution in [1.29, 1.82) is 0 Å². The van der Waals surface area contributed by atoms with Gasteiger partial charge in [-0.2, -0.15) is 0 Å². The molecule has 0 spiro atoms. The minimum absolute atomic E-state index is 0.0716. The molecule has 1 aliphatic rings. The first kappa shape index (κ1) is 18.2. The number of amides is 1. The molecular weight excluding hydrogens is 352 g/mol. The molecule has 6 nitrogen and oxygen atoms in total. The molecule has 144 valence electrons. The third-order valence-electron chi connectivity index (χ3n) is 5.17. The van der Waals surface area contributed by atoms with E-state index in [0.29, 0.717) is 12.3 Å². The van der Waals surface area contributed by atoms with Crippen LogP contribution in [0.1, 0.15) is 18.4 Å². The van der Waals surface area contributed by atoms with E-state index >= 15 is 0 Å². The molecule has 1 aliphatic heterocycles. The standard InChI is InChI=1S/C22H24N4O2/c27-22(23-13-10-17-5-2-1-3-6-17)18-11-14-26(15-12-18)21-9-8-19(24-25-21)20-7-4-16-28-20/h1-9,16,18H,10-15H2,(H,23,27). The van der Waals surface area contributed by atoms with Crippen molar-refractivity contribution in [3.8, 4) is 11.5 Å². The highest BCUT2D eigenvalue weighted by Crippen LogP contribution is 2.23. The zero-order chi connectivity index (χ0) is 19.2. The van der Waals surface area contributed by atoms with Crippen LogP contribution < -0.4 is 10.2 Å². The van der Waals surface area contributed by atoms with Gasteiger partial charge in [-0.25, -0.2) is 0 Å². The number of nitrogens with zero attached hydrogens (tertiary/aromatic N) is 3. The van der Waals surface area contributed by atoms with E-state index < -0.39 is 0 Å². The number of rotatable bonds is 6. The average molecular weight is 376 g/mol. The molecular formula is C22H24N4O2. The number of aromatic nitrogens is 2. The maximum atomic E-state index is 12.4. The molecule has 1 N–H and O–H groups in total. The highest BCUT2D eigenvalue weighted by atomic mass is 16.3. The molecule has 3 aromatic rings. The Hall–Kier alpha value is -3.15. The van der Waals surface area contributed by atoms with E-state index in [9.17, 15) is 4.79 Å². The fourth-order valence-corrected chi connectivity index (χ4v) is 3.54. The Morgan fingerprint density at radius 3 is 2.54 bits per heavy atom. The lowest BCUT2D eigenvalue weighted by Crippen LogP contribution is -2.41. The van der Waals surface area contributed by atoms with Crippen molar-refractivity contribution < 1.29 is 9.21 Å². The number of hydrogen-bond acceptors (Lipinski definition) is 5. The van der Waals surface area contributed by atoms with Gasteiger partial charge in [0.1, 0.15) is 5.69 Å². The summed E-state index contributed by atoms with van der Waals surface area (Å²) in [6, 6.07) is 17.8. The Kier molecular flexibility index (Phi) is 5.66. The van der Waals surface area contributed by atoms with Crippen molar-refractivity contribution in [3.05, 3.63) is 66.4 Å². The van der Waals surface area contributed by atoms with Gasteiger partial charge in [0, 0.05) is 25.6 Å². The quantitative estimate of drug-likeness (QED) is 0.715. The Morgan fingerprint density at radius 1 is 1.04 bits per heavy atom. The summed E-state index contributed by atoms with van der Waals surface area (Å²) in [5.41, 5.74) is 1.97. The van der Waals surface area contributed by atoms with Crippen LogP contribution >= 0.6 is 0 Å². The van der Waals surface area contributed by atoms with Gasteiger partial charge in [-0.15, -0.1) is 10.2 Å². The lowest BCUT2D eigenvalue weighted by molar-refractivity contribution is -0.125. The second kappa shape index (κ2) is 8.69. The molecule has 2 aromatic heterocycles. The van der Waals surface area contributed by atoms with E-state index in [4.69, 9.17) is 4.42 Å². The summed E-state index contributed by atoms with van der Waals surface area (Å²) in [7, 11) is 0. The van der Waals surface area contributed by atoms with Gasteiger partial charge >= 0.3 is 0 Å². The molecule has 0 unspecified atom stereocenters. The number of anilines is 1.